The van der Waals surface area contributed by atoms with E-state index in [-0.39, 0.29) is 5.82 Å². The Labute approximate surface area is 117 Å². The smallest absolute Gasteiger partial charge is 0.309 e. The highest BCUT2D eigenvalue weighted by molar-refractivity contribution is 6.31. The molecule has 1 saturated heterocycles. The number of nitrogens with zero attached hydrogens (tertiary/aromatic N) is 1. The third-order valence-electron chi connectivity index (χ3n) is 3.92. The predicted octanol–water partition coefficient (Wildman–Crippen LogP) is 3.17. The van der Waals surface area contributed by atoms with Gasteiger partial charge in [-0.2, -0.15) is 0 Å². The van der Waals surface area contributed by atoms with Crippen molar-refractivity contribution in [1.29, 1.82) is 0 Å². The summed E-state index contributed by atoms with van der Waals surface area (Å²) < 4.78 is 13.7. The molecule has 1 aliphatic rings. The topological polar surface area (TPSA) is 40.5 Å². The van der Waals surface area contributed by atoms with Crippen LogP contribution in [0.15, 0.2) is 18.2 Å². The number of halogens is 2. The molecule has 3 nitrogen and oxygen atoms in total. The number of carbonyl (C=O) groups is 1. The van der Waals surface area contributed by atoms with Crippen LogP contribution in [0.25, 0.3) is 0 Å². The summed E-state index contributed by atoms with van der Waals surface area (Å²) in [6, 6.07) is 4.65. The molecule has 0 aromatic heterocycles. The van der Waals surface area contributed by atoms with E-state index >= 15 is 0 Å². The minimum absolute atomic E-state index is 0.306. The van der Waals surface area contributed by atoms with E-state index in [0.717, 1.165) is 0 Å². The van der Waals surface area contributed by atoms with Crippen LogP contribution in [0.4, 0.5) is 4.39 Å². The van der Waals surface area contributed by atoms with E-state index in [1.54, 1.807) is 19.1 Å². The van der Waals surface area contributed by atoms with Crippen molar-refractivity contribution >= 4 is 17.6 Å². The summed E-state index contributed by atoms with van der Waals surface area (Å²) in [7, 11) is 0. The zero-order valence-electron chi connectivity index (χ0n) is 10.8. The maximum Gasteiger partial charge on any atom is 0.309 e. The Morgan fingerprint density at radius 1 is 1.47 bits per heavy atom. The highest BCUT2D eigenvalue weighted by Gasteiger charge is 2.36. The first-order valence-corrected chi connectivity index (χ1v) is 6.69. The highest BCUT2D eigenvalue weighted by atomic mass is 35.5. The molecule has 1 heterocycles. The van der Waals surface area contributed by atoms with E-state index in [4.69, 9.17) is 16.7 Å². The van der Waals surface area contributed by atoms with Crippen molar-refractivity contribution in [3.8, 4) is 0 Å². The van der Waals surface area contributed by atoms with Crippen molar-refractivity contribution in [1.82, 2.24) is 4.90 Å². The fourth-order valence-corrected chi connectivity index (χ4v) is 2.55. The molecule has 0 radical (unpaired) electrons. The van der Waals surface area contributed by atoms with Gasteiger partial charge in [0.15, 0.2) is 0 Å². The molecule has 1 aromatic carbocycles. The molecule has 0 spiro atoms. The number of carboxylic acids is 1. The maximum absolute atomic E-state index is 13.7. The second kappa shape index (κ2) is 5.47. The molecule has 5 heteroatoms. The molecule has 0 unspecified atom stereocenters. The average Bonchev–Trinajstić information content (AvgIpc) is 2.36. The molecule has 0 saturated carbocycles. The fraction of sp³-hybridized carbons (Fsp3) is 0.500. The second-order valence-electron chi connectivity index (χ2n) is 5.34. The molecule has 0 atom stereocenters. The van der Waals surface area contributed by atoms with Crippen molar-refractivity contribution in [3.63, 3.8) is 0 Å². The standard InChI is InChI=1S/C14H17ClFNO2/c1-14(13(18)19)5-7-17(8-6-14)9-10-11(15)3-2-4-12(10)16/h2-4H,5-9H2,1H3,(H,18,19). The summed E-state index contributed by atoms with van der Waals surface area (Å²) >= 11 is 5.99. The van der Waals surface area contributed by atoms with Crippen molar-refractivity contribution in [2.45, 2.75) is 26.3 Å². The summed E-state index contributed by atoms with van der Waals surface area (Å²) in [6.07, 6.45) is 1.16. The van der Waals surface area contributed by atoms with Gasteiger partial charge in [0.05, 0.1) is 5.41 Å². The number of piperidine rings is 1. The molecule has 0 bridgehead atoms. The van der Waals surface area contributed by atoms with Crippen LogP contribution in [0.3, 0.4) is 0 Å². The Morgan fingerprint density at radius 2 is 2.11 bits per heavy atom. The van der Waals surface area contributed by atoms with Gasteiger partial charge in [-0.3, -0.25) is 9.69 Å². The van der Waals surface area contributed by atoms with Gasteiger partial charge in [-0.15, -0.1) is 0 Å². The van der Waals surface area contributed by atoms with E-state index < -0.39 is 11.4 Å². The lowest BCUT2D eigenvalue weighted by Gasteiger charge is -2.36. The van der Waals surface area contributed by atoms with E-state index in [1.807, 2.05) is 0 Å². The first kappa shape index (κ1) is 14.3. The Bertz CT molecular complexity index is 464. The number of benzene rings is 1. The van der Waals surface area contributed by atoms with Crippen LogP contribution in [0.5, 0.6) is 0 Å². The Hall–Kier alpha value is -1.13. The number of hydrogen-bond donors (Lipinski definition) is 1. The van der Waals surface area contributed by atoms with Crippen molar-refractivity contribution in [3.05, 3.63) is 34.6 Å². The molecular weight excluding hydrogens is 269 g/mol. The van der Waals surface area contributed by atoms with Gasteiger partial charge in [-0.25, -0.2) is 4.39 Å². The SMILES string of the molecule is CC1(C(=O)O)CCN(Cc2c(F)cccc2Cl)CC1. The number of rotatable bonds is 3. The van der Waals surface area contributed by atoms with Gasteiger partial charge in [-0.1, -0.05) is 17.7 Å². The minimum Gasteiger partial charge on any atom is -0.481 e. The average molecular weight is 286 g/mol. The van der Waals surface area contributed by atoms with Gasteiger partial charge in [0.1, 0.15) is 5.82 Å². The molecule has 0 aliphatic carbocycles. The predicted molar refractivity (Wildman–Crippen MR) is 71.7 cm³/mol. The molecule has 1 N–H and O–H groups in total. The van der Waals surface area contributed by atoms with Crippen LogP contribution in [0.1, 0.15) is 25.3 Å². The van der Waals surface area contributed by atoms with Crippen molar-refractivity contribution < 1.29 is 14.3 Å². The third-order valence-corrected chi connectivity index (χ3v) is 4.27. The Kier molecular flexibility index (Phi) is 4.11. The zero-order chi connectivity index (χ0) is 14.0. The minimum atomic E-state index is -0.754. The molecule has 0 amide bonds. The number of carboxylic acid groups (broad SMARTS) is 1. The van der Waals surface area contributed by atoms with Crippen LogP contribution < -0.4 is 0 Å². The van der Waals surface area contributed by atoms with E-state index in [2.05, 4.69) is 4.90 Å². The van der Waals surface area contributed by atoms with E-state index in [9.17, 15) is 9.18 Å². The van der Waals surface area contributed by atoms with Crippen LogP contribution in [0.2, 0.25) is 5.02 Å². The van der Waals surface area contributed by atoms with Crippen LogP contribution in [-0.4, -0.2) is 29.1 Å². The summed E-state index contributed by atoms with van der Waals surface area (Å²) in [5.74, 6) is -1.06. The zero-order valence-corrected chi connectivity index (χ0v) is 11.6. The summed E-state index contributed by atoms with van der Waals surface area (Å²) in [5.41, 5.74) is -0.168. The van der Waals surface area contributed by atoms with E-state index in [1.165, 1.54) is 6.07 Å². The normalized spacial score (nSPS) is 19.3. The highest BCUT2D eigenvalue weighted by Crippen LogP contribution is 2.32. The van der Waals surface area contributed by atoms with Gasteiger partial charge in [0, 0.05) is 17.1 Å². The first-order chi connectivity index (χ1) is 8.92. The first-order valence-electron chi connectivity index (χ1n) is 6.31. The molecule has 1 fully saturated rings. The quantitative estimate of drug-likeness (QED) is 0.927. The lowest BCUT2D eigenvalue weighted by atomic mass is 9.80. The van der Waals surface area contributed by atoms with Crippen molar-refractivity contribution in [2.75, 3.05) is 13.1 Å². The molecule has 104 valence electrons. The van der Waals surface area contributed by atoms with Crippen molar-refractivity contribution in [2.24, 2.45) is 5.41 Å². The monoisotopic (exact) mass is 285 g/mol. The van der Waals surface area contributed by atoms with Gasteiger partial charge in [-0.05, 0) is 45.0 Å². The van der Waals surface area contributed by atoms with Gasteiger partial charge in [0.2, 0.25) is 0 Å². The largest absolute Gasteiger partial charge is 0.481 e. The fourth-order valence-electron chi connectivity index (χ4n) is 2.33. The summed E-state index contributed by atoms with van der Waals surface area (Å²) in [4.78, 5) is 13.2. The molecule has 19 heavy (non-hydrogen) atoms. The lowest BCUT2D eigenvalue weighted by molar-refractivity contribution is -0.150. The third kappa shape index (κ3) is 3.07. The molecular formula is C14H17ClFNO2. The van der Waals surface area contributed by atoms with E-state index in [0.29, 0.717) is 43.1 Å². The second-order valence-corrected chi connectivity index (χ2v) is 5.75. The van der Waals surface area contributed by atoms with Gasteiger partial charge in [0.25, 0.3) is 0 Å². The van der Waals surface area contributed by atoms with Crippen LogP contribution in [-0.2, 0) is 11.3 Å². The molecule has 1 aromatic rings. The Balaban J connectivity index is 2.02. The maximum atomic E-state index is 13.7. The van der Waals surface area contributed by atoms with Gasteiger partial charge >= 0.3 is 5.97 Å². The number of likely N-dealkylation sites (tertiary alicyclic amines) is 1. The number of aliphatic carboxylic acids is 1. The Morgan fingerprint density at radius 3 is 2.63 bits per heavy atom. The molecule has 1 aliphatic heterocycles. The lowest BCUT2D eigenvalue weighted by Crippen LogP contribution is -2.42. The van der Waals surface area contributed by atoms with Crippen LogP contribution in [0, 0.1) is 11.2 Å². The molecule has 2 rings (SSSR count). The number of hydrogen-bond acceptors (Lipinski definition) is 2. The van der Waals surface area contributed by atoms with Gasteiger partial charge < -0.3 is 5.11 Å². The van der Waals surface area contributed by atoms with Crippen LogP contribution >= 0.6 is 11.6 Å². The summed E-state index contributed by atoms with van der Waals surface area (Å²) in [6.45, 7) is 3.49. The summed E-state index contributed by atoms with van der Waals surface area (Å²) in [5, 5.41) is 9.58.